The molecule has 0 saturated heterocycles. The number of para-hydroxylation sites is 1. The fourth-order valence-electron chi connectivity index (χ4n) is 2.97. The first-order valence-electron chi connectivity index (χ1n) is 9.27. The van der Waals surface area contributed by atoms with Gasteiger partial charge in [-0.15, -0.1) is 11.3 Å². The second-order valence-electron chi connectivity index (χ2n) is 6.25. The fourth-order valence-corrected chi connectivity index (χ4v) is 4.91. The van der Waals surface area contributed by atoms with E-state index in [9.17, 15) is 4.79 Å². The molecule has 2 heterocycles. The number of aliphatic hydroxyl groups excluding tert-OH is 1. The summed E-state index contributed by atoms with van der Waals surface area (Å²) in [5.74, 6) is 0.641. The van der Waals surface area contributed by atoms with Crippen LogP contribution in [-0.4, -0.2) is 40.2 Å². The van der Waals surface area contributed by atoms with Gasteiger partial charge in [0, 0.05) is 10.6 Å². The summed E-state index contributed by atoms with van der Waals surface area (Å²) in [5, 5.41) is 10.1. The zero-order valence-corrected chi connectivity index (χ0v) is 17.3. The maximum Gasteiger partial charge on any atom is 0.267 e. The first kappa shape index (κ1) is 19.8. The zero-order valence-electron chi connectivity index (χ0n) is 15.7. The Kier molecular flexibility index (Phi) is 6.41. The van der Waals surface area contributed by atoms with E-state index in [4.69, 9.17) is 14.8 Å². The number of thioether (sulfide) groups is 1. The predicted octanol–water partition coefficient (Wildman–Crippen LogP) is 4.22. The van der Waals surface area contributed by atoms with Gasteiger partial charge < -0.3 is 9.84 Å². The predicted molar refractivity (Wildman–Crippen MR) is 119 cm³/mol. The van der Waals surface area contributed by atoms with Crippen LogP contribution in [0.4, 0.5) is 0 Å². The van der Waals surface area contributed by atoms with Crippen molar-refractivity contribution in [3.63, 3.8) is 0 Å². The van der Waals surface area contributed by atoms with Crippen molar-refractivity contribution in [3.8, 4) is 16.1 Å². The number of ether oxygens (including phenoxy) is 1. The average molecular weight is 425 g/mol. The molecule has 0 saturated carbocycles. The maximum atomic E-state index is 13.4. The highest BCUT2D eigenvalue weighted by Gasteiger charge is 2.16. The summed E-state index contributed by atoms with van der Waals surface area (Å²) < 4.78 is 7.01. The van der Waals surface area contributed by atoms with Gasteiger partial charge >= 0.3 is 0 Å². The summed E-state index contributed by atoms with van der Waals surface area (Å²) in [6, 6.07) is 21.5. The van der Waals surface area contributed by atoms with Crippen molar-refractivity contribution in [2.75, 3.05) is 25.6 Å². The topological polar surface area (TPSA) is 64.3 Å². The first-order chi connectivity index (χ1) is 14.3. The van der Waals surface area contributed by atoms with Crippen LogP contribution in [0.25, 0.3) is 26.3 Å². The molecule has 0 bridgehead atoms. The highest BCUT2D eigenvalue weighted by Crippen LogP contribution is 2.32. The molecule has 4 rings (SSSR count). The van der Waals surface area contributed by atoms with Crippen LogP contribution < -0.4 is 5.56 Å². The van der Waals surface area contributed by atoms with Crippen molar-refractivity contribution in [3.05, 3.63) is 77.1 Å². The molecule has 0 aliphatic carbocycles. The van der Waals surface area contributed by atoms with Crippen molar-refractivity contribution in [2.24, 2.45) is 0 Å². The van der Waals surface area contributed by atoms with E-state index in [2.05, 4.69) is 0 Å². The molecule has 7 heteroatoms. The van der Waals surface area contributed by atoms with E-state index in [1.54, 1.807) is 4.57 Å². The highest BCUT2D eigenvalue weighted by atomic mass is 32.2. The molecular weight excluding hydrogens is 404 g/mol. The number of hydrogen-bond donors (Lipinski definition) is 1. The van der Waals surface area contributed by atoms with Gasteiger partial charge in [0.05, 0.1) is 30.9 Å². The Morgan fingerprint density at radius 2 is 1.76 bits per heavy atom. The Morgan fingerprint density at radius 1 is 1.03 bits per heavy atom. The minimum atomic E-state index is -0.0709. The van der Waals surface area contributed by atoms with Crippen LogP contribution in [0.2, 0.25) is 0 Å². The van der Waals surface area contributed by atoms with E-state index in [1.807, 2.05) is 66.7 Å². The lowest BCUT2D eigenvalue weighted by molar-refractivity contribution is 0.103. The first-order valence-corrected chi connectivity index (χ1v) is 11.1. The third kappa shape index (κ3) is 4.43. The number of aromatic nitrogens is 2. The van der Waals surface area contributed by atoms with E-state index in [0.29, 0.717) is 29.5 Å². The standard InChI is InChI=1S/C22H20N2O3S2/c25-11-12-27-13-14-28-22-23-20-18(15-19(29-20)16-7-3-1-4-8-16)21(26)24(22)17-9-5-2-6-10-17/h1-10,15,25H,11-14H2. The normalized spacial score (nSPS) is 11.2. The monoisotopic (exact) mass is 424 g/mol. The highest BCUT2D eigenvalue weighted by molar-refractivity contribution is 7.99. The SMILES string of the molecule is O=c1c2cc(-c3ccccc3)sc2nc(SCCOCCO)n1-c1ccccc1. The Balaban J connectivity index is 1.77. The van der Waals surface area contributed by atoms with Crippen LogP contribution in [0.5, 0.6) is 0 Å². The van der Waals surface area contributed by atoms with Gasteiger partial charge in [-0.2, -0.15) is 0 Å². The molecule has 0 aliphatic rings. The van der Waals surface area contributed by atoms with E-state index in [0.717, 1.165) is 21.0 Å². The van der Waals surface area contributed by atoms with Gasteiger partial charge in [-0.05, 0) is 23.8 Å². The smallest absolute Gasteiger partial charge is 0.267 e. The van der Waals surface area contributed by atoms with Gasteiger partial charge in [0.1, 0.15) is 4.83 Å². The zero-order chi connectivity index (χ0) is 20.1. The van der Waals surface area contributed by atoms with E-state index in [-0.39, 0.29) is 12.2 Å². The Hall–Kier alpha value is -2.45. The molecule has 2 aromatic carbocycles. The molecule has 0 amide bonds. The van der Waals surface area contributed by atoms with E-state index >= 15 is 0 Å². The third-order valence-electron chi connectivity index (χ3n) is 4.30. The van der Waals surface area contributed by atoms with Crippen LogP contribution in [0.1, 0.15) is 0 Å². The lowest BCUT2D eigenvalue weighted by Gasteiger charge is -2.11. The second-order valence-corrected chi connectivity index (χ2v) is 8.34. The molecule has 5 nitrogen and oxygen atoms in total. The molecule has 0 fully saturated rings. The summed E-state index contributed by atoms with van der Waals surface area (Å²) in [6.07, 6.45) is 0. The van der Waals surface area contributed by atoms with Crippen LogP contribution in [0, 0.1) is 0 Å². The minimum Gasteiger partial charge on any atom is -0.394 e. The third-order valence-corrected chi connectivity index (χ3v) is 6.28. The van der Waals surface area contributed by atoms with E-state index < -0.39 is 0 Å². The fraction of sp³-hybridized carbons (Fsp3) is 0.182. The Morgan fingerprint density at radius 3 is 2.48 bits per heavy atom. The van der Waals surface area contributed by atoms with Crippen LogP contribution in [0.15, 0.2) is 76.7 Å². The number of hydrogen-bond acceptors (Lipinski definition) is 6. The molecule has 0 radical (unpaired) electrons. The number of nitrogens with zero attached hydrogens (tertiary/aromatic N) is 2. The second kappa shape index (κ2) is 9.37. The van der Waals surface area contributed by atoms with Crippen LogP contribution >= 0.6 is 23.1 Å². The number of fused-ring (bicyclic) bond motifs is 1. The van der Waals surface area contributed by atoms with Crippen LogP contribution in [-0.2, 0) is 4.74 Å². The molecule has 0 atom stereocenters. The van der Waals surface area contributed by atoms with Gasteiger partial charge in [-0.3, -0.25) is 9.36 Å². The quantitative estimate of drug-likeness (QED) is 0.261. The van der Waals surface area contributed by atoms with E-state index in [1.165, 1.54) is 23.1 Å². The van der Waals surface area contributed by atoms with Gasteiger partial charge in [-0.25, -0.2) is 4.98 Å². The van der Waals surface area contributed by atoms with Crippen LogP contribution in [0.3, 0.4) is 0 Å². The molecule has 2 aromatic heterocycles. The summed E-state index contributed by atoms with van der Waals surface area (Å²) in [4.78, 5) is 20.0. The number of aliphatic hydroxyl groups is 1. The van der Waals surface area contributed by atoms with Crippen molar-refractivity contribution < 1.29 is 9.84 Å². The lowest BCUT2D eigenvalue weighted by atomic mass is 10.2. The molecule has 0 aliphatic heterocycles. The summed E-state index contributed by atoms with van der Waals surface area (Å²) >= 11 is 3.01. The summed E-state index contributed by atoms with van der Waals surface area (Å²) in [6.45, 7) is 0.790. The Bertz CT molecular complexity index is 1140. The molecule has 4 aromatic rings. The van der Waals surface area contributed by atoms with Crippen molar-refractivity contribution in [1.29, 1.82) is 0 Å². The summed E-state index contributed by atoms with van der Waals surface area (Å²) in [5.41, 5.74) is 1.80. The largest absolute Gasteiger partial charge is 0.394 e. The molecular formula is C22H20N2O3S2. The Labute approximate surface area is 176 Å². The minimum absolute atomic E-state index is 0.00105. The van der Waals surface area contributed by atoms with Gasteiger partial charge in [0.15, 0.2) is 5.16 Å². The molecule has 1 N–H and O–H groups in total. The average Bonchev–Trinajstić information content (AvgIpc) is 3.20. The maximum absolute atomic E-state index is 13.4. The molecule has 148 valence electrons. The number of benzene rings is 2. The molecule has 29 heavy (non-hydrogen) atoms. The van der Waals surface area contributed by atoms with Gasteiger partial charge in [0.25, 0.3) is 5.56 Å². The lowest BCUT2D eigenvalue weighted by Crippen LogP contribution is -2.21. The number of thiophene rings is 1. The molecule has 0 spiro atoms. The van der Waals surface area contributed by atoms with Gasteiger partial charge in [0.2, 0.25) is 0 Å². The van der Waals surface area contributed by atoms with Crippen molar-refractivity contribution in [2.45, 2.75) is 5.16 Å². The summed E-state index contributed by atoms with van der Waals surface area (Å²) in [7, 11) is 0. The van der Waals surface area contributed by atoms with Gasteiger partial charge in [-0.1, -0.05) is 60.3 Å². The molecule has 0 unspecified atom stereocenters. The number of rotatable bonds is 8. The van der Waals surface area contributed by atoms with Crippen molar-refractivity contribution >= 4 is 33.3 Å². The van der Waals surface area contributed by atoms with Crippen molar-refractivity contribution in [1.82, 2.24) is 9.55 Å².